The number of rotatable bonds is 5. The summed E-state index contributed by atoms with van der Waals surface area (Å²) in [7, 11) is 1.66. The van der Waals surface area contributed by atoms with Crippen LogP contribution in [0, 0.1) is 5.92 Å². The summed E-state index contributed by atoms with van der Waals surface area (Å²) < 4.78 is 13.0. The van der Waals surface area contributed by atoms with Crippen molar-refractivity contribution in [3.63, 3.8) is 0 Å². The number of nitrogens with zero attached hydrogens (tertiary/aromatic N) is 3. The van der Waals surface area contributed by atoms with Crippen molar-refractivity contribution >= 4 is 5.91 Å². The van der Waals surface area contributed by atoms with Crippen LogP contribution in [-0.2, 0) is 22.4 Å². The average Bonchev–Trinajstić information content (AvgIpc) is 2.96. The SMILES string of the molecule is COCCn1nc2c(c1C(=O)N1CCC(O)(C3CCC3)CC1)C[C@H](C)O[C@@H]2C. The van der Waals surface area contributed by atoms with Gasteiger partial charge >= 0.3 is 0 Å². The first kappa shape index (κ1) is 19.9. The van der Waals surface area contributed by atoms with Crippen LogP contribution in [-0.4, -0.2) is 64.2 Å². The number of hydrogen-bond acceptors (Lipinski definition) is 5. The van der Waals surface area contributed by atoms with E-state index in [0.29, 0.717) is 57.1 Å². The minimum atomic E-state index is -0.582. The third-order valence-electron chi connectivity index (χ3n) is 6.89. The first-order chi connectivity index (χ1) is 13.4. The van der Waals surface area contributed by atoms with Gasteiger partial charge in [0.25, 0.3) is 5.91 Å². The fourth-order valence-corrected chi connectivity index (χ4v) is 4.97. The van der Waals surface area contributed by atoms with Gasteiger partial charge < -0.3 is 19.5 Å². The summed E-state index contributed by atoms with van der Waals surface area (Å²) >= 11 is 0. The Kier molecular flexibility index (Phi) is 5.51. The van der Waals surface area contributed by atoms with Gasteiger partial charge in [0.2, 0.25) is 0 Å². The van der Waals surface area contributed by atoms with Gasteiger partial charge in [0.1, 0.15) is 5.69 Å². The van der Waals surface area contributed by atoms with Gasteiger partial charge in [0.15, 0.2) is 0 Å². The molecule has 1 aliphatic carbocycles. The summed E-state index contributed by atoms with van der Waals surface area (Å²) in [6.07, 6.45) is 5.47. The Bertz CT molecular complexity index is 719. The van der Waals surface area contributed by atoms with Crippen LogP contribution >= 0.6 is 0 Å². The Hall–Kier alpha value is -1.44. The lowest BCUT2D eigenvalue weighted by molar-refractivity contribution is -0.0862. The summed E-state index contributed by atoms with van der Waals surface area (Å²) in [5.41, 5.74) is 2.00. The van der Waals surface area contributed by atoms with Crippen LogP contribution in [0.5, 0.6) is 0 Å². The topological polar surface area (TPSA) is 76.8 Å². The molecule has 7 heteroatoms. The van der Waals surface area contributed by atoms with Gasteiger partial charge in [-0.3, -0.25) is 9.48 Å². The smallest absolute Gasteiger partial charge is 0.272 e. The number of amides is 1. The summed E-state index contributed by atoms with van der Waals surface area (Å²) in [6, 6.07) is 0. The van der Waals surface area contributed by atoms with E-state index in [4.69, 9.17) is 14.6 Å². The van der Waals surface area contributed by atoms with Gasteiger partial charge in [-0.05, 0) is 45.4 Å². The third kappa shape index (κ3) is 3.48. The monoisotopic (exact) mass is 391 g/mol. The number of carbonyl (C=O) groups excluding carboxylic acids is 1. The van der Waals surface area contributed by atoms with Crippen molar-refractivity contribution in [2.24, 2.45) is 5.92 Å². The molecule has 2 aliphatic heterocycles. The zero-order valence-electron chi connectivity index (χ0n) is 17.3. The van der Waals surface area contributed by atoms with E-state index < -0.39 is 5.60 Å². The van der Waals surface area contributed by atoms with E-state index >= 15 is 0 Å². The molecule has 1 N–H and O–H groups in total. The number of hydrogen-bond donors (Lipinski definition) is 1. The second-order valence-corrected chi connectivity index (χ2v) is 8.74. The molecule has 1 saturated heterocycles. The highest BCUT2D eigenvalue weighted by Gasteiger charge is 2.44. The molecule has 2 atom stereocenters. The van der Waals surface area contributed by atoms with Crippen LogP contribution in [0.1, 0.15) is 73.8 Å². The quantitative estimate of drug-likeness (QED) is 0.834. The molecule has 0 aromatic carbocycles. The highest BCUT2D eigenvalue weighted by Crippen LogP contribution is 2.42. The number of aliphatic hydroxyl groups is 1. The Balaban J connectivity index is 1.56. The van der Waals surface area contributed by atoms with Gasteiger partial charge in [-0.15, -0.1) is 0 Å². The molecule has 1 aromatic heterocycles. The van der Waals surface area contributed by atoms with E-state index in [-0.39, 0.29) is 18.1 Å². The number of fused-ring (bicyclic) bond motifs is 1. The molecule has 4 rings (SSSR count). The lowest BCUT2D eigenvalue weighted by atomic mass is 9.69. The summed E-state index contributed by atoms with van der Waals surface area (Å²) in [5, 5.41) is 15.7. The standard InChI is InChI=1S/C21H33N3O4/c1-14-13-17-18(15(2)28-14)22-24(11-12-27-3)19(17)20(25)23-9-7-21(26,8-10-23)16-5-4-6-16/h14-16,26H,4-13H2,1-3H3/t14-,15+/m0/s1. The highest BCUT2D eigenvalue weighted by molar-refractivity contribution is 5.94. The van der Waals surface area contributed by atoms with Crippen LogP contribution in [0.15, 0.2) is 0 Å². The van der Waals surface area contributed by atoms with Gasteiger partial charge in [-0.2, -0.15) is 5.10 Å². The van der Waals surface area contributed by atoms with Crippen LogP contribution in [0.3, 0.4) is 0 Å². The van der Waals surface area contributed by atoms with E-state index in [2.05, 4.69) is 0 Å². The number of ether oxygens (including phenoxy) is 2. The van der Waals surface area contributed by atoms with Crippen LogP contribution in [0.25, 0.3) is 0 Å². The Morgan fingerprint density at radius 1 is 1.32 bits per heavy atom. The minimum Gasteiger partial charge on any atom is -0.389 e. The molecule has 28 heavy (non-hydrogen) atoms. The first-order valence-corrected chi connectivity index (χ1v) is 10.7. The molecule has 3 aliphatic rings. The van der Waals surface area contributed by atoms with E-state index in [1.54, 1.807) is 11.8 Å². The molecular weight excluding hydrogens is 358 g/mol. The molecule has 156 valence electrons. The fourth-order valence-electron chi connectivity index (χ4n) is 4.97. The molecule has 1 amide bonds. The maximum absolute atomic E-state index is 13.5. The summed E-state index contributed by atoms with van der Waals surface area (Å²) in [6.45, 7) is 6.31. The molecule has 7 nitrogen and oxygen atoms in total. The molecular formula is C21H33N3O4. The van der Waals surface area contributed by atoms with E-state index in [0.717, 1.165) is 24.1 Å². The Morgan fingerprint density at radius 2 is 2.04 bits per heavy atom. The number of aromatic nitrogens is 2. The predicted octanol–water partition coefficient (Wildman–Crippen LogP) is 2.32. The van der Waals surface area contributed by atoms with E-state index in [9.17, 15) is 9.90 Å². The number of likely N-dealkylation sites (tertiary alicyclic amines) is 1. The molecule has 0 radical (unpaired) electrons. The average molecular weight is 392 g/mol. The largest absolute Gasteiger partial charge is 0.389 e. The number of carbonyl (C=O) groups is 1. The van der Waals surface area contributed by atoms with Crippen molar-refractivity contribution < 1.29 is 19.4 Å². The Labute approximate surface area is 167 Å². The zero-order valence-corrected chi connectivity index (χ0v) is 17.3. The van der Waals surface area contributed by atoms with Crippen molar-refractivity contribution in [1.82, 2.24) is 14.7 Å². The fraction of sp³-hybridized carbons (Fsp3) is 0.810. The zero-order chi connectivity index (χ0) is 19.9. The van der Waals surface area contributed by atoms with Crippen LogP contribution in [0.4, 0.5) is 0 Å². The molecule has 2 fully saturated rings. The van der Waals surface area contributed by atoms with Crippen LogP contribution < -0.4 is 0 Å². The number of methoxy groups -OCH3 is 1. The number of piperidine rings is 1. The van der Waals surface area contributed by atoms with Crippen molar-refractivity contribution in [2.45, 2.75) is 76.7 Å². The normalized spacial score (nSPS) is 27.4. The predicted molar refractivity (Wildman–Crippen MR) is 104 cm³/mol. The van der Waals surface area contributed by atoms with Crippen molar-refractivity contribution in [3.8, 4) is 0 Å². The van der Waals surface area contributed by atoms with Crippen molar-refractivity contribution in [1.29, 1.82) is 0 Å². The van der Waals surface area contributed by atoms with Gasteiger partial charge in [-0.25, -0.2) is 0 Å². The maximum Gasteiger partial charge on any atom is 0.272 e. The molecule has 0 bridgehead atoms. The molecule has 3 heterocycles. The molecule has 0 spiro atoms. The van der Waals surface area contributed by atoms with Crippen molar-refractivity contribution in [3.05, 3.63) is 17.0 Å². The maximum atomic E-state index is 13.5. The van der Waals surface area contributed by atoms with Gasteiger partial charge in [-0.1, -0.05) is 6.42 Å². The lowest BCUT2D eigenvalue weighted by Gasteiger charge is -2.46. The van der Waals surface area contributed by atoms with E-state index in [1.165, 1.54) is 6.42 Å². The molecule has 1 aromatic rings. The molecule has 1 saturated carbocycles. The van der Waals surface area contributed by atoms with E-state index in [1.807, 2.05) is 18.7 Å². The first-order valence-electron chi connectivity index (χ1n) is 10.7. The highest BCUT2D eigenvalue weighted by atomic mass is 16.5. The van der Waals surface area contributed by atoms with Crippen LogP contribution in [0.2, 0.25) is 0 Å². The summed E-state index contributed by atoms with van der Waals surface area (Å²) in [4.78, 5) is 15.4. The molecule has 0 unspecified atom stereocenters. The lowest BCUT2D eigenvalue weighted by Crippen LogP contribution is -2.52. The second kappa shape index (κ2) is 7.76. The van der Waals surface area contributed by atoms with Crippen molar-refractivity contribution in [2.75, 3.05) is 26.8 Å². The minimum absolute atomic E-state index is 0.0295. The van der Waals surface area contributed by atoms with Gasteiger partial charge in [0, 0.05) is 32.2 Å². The van der Waals surface area contributed by atoms with Gasteiger partial charge in [0.05, 0.1) is 36.7 Å². The second-order valence-electron chi connectivity index (χ2n) is 8.74. The Morgan fingerprint density at radius 3 is 2.64 bits per heavy atom. The summed E-state index contributed by atoms with van der Waals surface area (Å²) in [5.74, 6) is 0.449. The third-order valence-corrected chi connectivity index (χ3v) is 6.89.